The molecule has 0 radical (unpaired) electrons. The lowest BCUT2D eigenvalue weighted by Crippen LogP contribution is -2.35. The highest BCUT2D eigenvalue weighted by Crippen LogP contribution is 2.32. The molecule has 6 aromatic rings. The highest BCUT2D eigenvalue weighted by molar-refractivity contribution is 9.10. The van der Waals surface area contributed by atoms with E-state index < -0.39 is 11.4 Å². The average Bonchev–Trinajstić information content (AvgIpc) is 3.32. The van der Waals surface area contributed by atoms with E-state index in [0.29, 0.717) is 24.7 Å². The molecule has 0 fully saturated rings. The number of para-hydroxylation sites is 1. The summed E-state index contributed by atoms with van der Waals surface area (Å²) in [6.45, 7) is 2.65. The number of ether oxygens (including phenoxy) is 1. The van der Waals surface area contributed by atoms with E-state index in [1.807, 2.05) is 97.1 Å². The lowest BCUT2D eigenvalue weighted by Gasteiger charge is -2.25. The summed E-state index contributed by atoms with van der Waals surface area (Å²) < 4.78 is 9.24. The number of hydrogen-bond acceptors (Lipinski definition) is 4. The third-order valence-electron chi connectivity index (χ3n) is 7.49. The van der Waals surface area contributed by atoms with Crippen molar-refractivity contribution in [3.63, 3.8) is 0 Å². The summed E-state index contributed by atoms with van der Waals surface area (Å²) in [4.78, 5) is 22.3. The first-order chi connectivity index (χ1) is 19.9. The molecule has 2 heterocycles. The largest absolute Gasteiger partial charge is 0.487 e. The van der Waals surface area contributed by atoms with Crippen molar-refractivity contribution in [3.05, 3.63) is 136 Å². The Morgan fingerprint density at radius 1 is 0.878 bits per heavy atom. The summed E-state index contributed by atoms with van der Waals surface area (Å²) in [7, 11) is 0. The van der Waals surface area contributed by atoms with Crippen molar-refractivity contribution in [2.75, 3.05) is 0 Å². The molecule has 1 atom stereocenters. The molecule has 0 bridgehead atoms. The highest BCUT2D eigenvalue weighted by atomic mass is 79.9. The minimum absolute atomic E-state index is 0.231. The van der Waals surface area contributed by atoms with Crippen LogP contribution < -0.4 is 4.74 Å². The maximum atomic E-state index is 12.6. The number of aliphatic carboxylic acids is 1. The molecule has 0 aliphatic rings. The van der Waals surface area contributed by atoms with Crippen molar-refractivity contribution in [2.24, 2.45) is 0 Å². The number of nitrogens with zero attached hydrogens (tertiary/aromatic N) is 3. The van der Waals surface area contributed by atoms with Gasteiger partial charge in [-0.05, 0) is 54.4 Å². The van der Waals surface area contributed by atoms with Crippen LogP contribution in [-0.4, -0.2) is 25.6 Å². The summed E-state index contributed by atoms with van der Waals surface area (Å²) >= 11 is 3.51. The van der Waals surface area contributed by atoms with Gasteiger partial charge in [0.25, 0.3) is 0 Å². The fraction of sp³-hybridized carbons (Fsp3) is 0.147. The second-order valence-corrected chi connectivity index (χ2v) is 11.3. The van der Waals surface area contributed by atoms with E-state index in [9.17, 15) is 9.90 Å². The molecule has 0 saturated heterocycles. The fourth-order valence-electron chi connectivity index (χ4n) is 5.10. The van der Waals surface area contributed by atoms with E-state index >= 15 is 0 Å². The van der Waals surface area contributed by atoms with E-state index in [4.69, 9.17) is 14.7 Å². The Bertz CT molecular complexity index is 1850. The first-order valence-electron chi connectivity index (χ1n) is 13.4. The van der Waals surface area contributed by atoms with Gasteiger partial charge in [-0.1, -0.05) is 82.7 Å². The Kier molecular flexibility index (Phi) is 7.28. The quantitative estimate of drug-likeness (QED) is 0.184. The lowest BCUT2D eigenvalue weighted by molar-refractivity contribution is -0.143. The number of halogens is 1. The zero-order valence-electron chi connectivity index (χ0n) is 22.5. The first kappa shape index (κ1) is 26.7. The summed E-state index contributed by atoms with van der Waals surface area (Å²) in [6, 6.07) is 35.4. The monoisotopic (exact) mass is 605 g/mol. The van der Waals surface area contributed by atoms with Crippen LogP contribution >= 0.6 is 15.9 Å². The van der Waals surface area contributed by atoms with Crippen LogP contribution in [0.15, 0.2) is 114 Å². The van der Waals surface area contributed by atoms with Gasteiger partial charge in [0.2, 0.25) is 0 Å². The third kappa shape index (κ3) is 5.58. The molecule has 4 aromatic carbocycles. The summed E-state index contributed by atoms with van der Waals surface area (Å²) in [5.74, 6) is 0.485. The van der Waals surface area contributed by atoms with E-state index in [2.05, 4.69) is 32.6 Å². The zero-order valence-corrected chi connectivity index (χ0v) is 24.1. The number of hydrogen-bond donors (Lipinski definition) is 1. The molecule has 0 saturated carbocycles. The second-order valence-electron chi connectivity index (χ2n) is 10.4. The van der Waals surface area contributed by atoms with Gasteiger partial charge in [0.05, 0.1) is 27.7 Å². The van der Waals surface area contributed by atoms with Crippen molar-refractivity contribution in [1.29, 1.82) is 0 Å². The Labute approximate surface area is 246 Å². The molecular formula is C34H28BrN3O3. The van der Waals surface area contributed by atoms with Crippen LogP contribution in [-0.2, 0) is 29.8 Å². The molecule has 0 amide bonds. The standard InChI is InChI=1S/C34H28BrN3O3/c1-34(33(39)40,25-8-3-2-4-9-25)20-32-37-30-19-28(41-22-27-16-13-24-7-5-6-10-29(24)36-27)17-18-31(30)38(32)21-23-11-14-26(35)15-12-23/h2-19H,20-22H2,1H3,(H,39,40). The van der Waals surface area contributed by atoms with Crippen LogP contribution in [0.25, 0.3) is 21.9 Å². The molecule has 7 heteroatoms. The third-order valence-corrected chi connectivity index (χ3v) is 8.02. The summed E-state index contributed by atoms with van der Waals surface area (Å²) in [5, 5.41) is 11.4. The molecule has 0 aliphatic heterocycles. The van der Waals surface area contributed by atoms with Crippen LogP contribution in [0, 0.1) is 0 Å². The summed E-state index contributed by atoms with van der Waals surface area (Å²) in [6.07, 6.45) is 0.231. The van der Waals surface area contributed by atoms with Gasteiger partial charge in [-0.15, -0.1) is 0 Å². The normalized spacial score (nSPS) is 12.8. The van der Waals surface area contributed by atoms with Crippen LogP contribution in [0.2, 0.25) is 0 Å². The maximum absolute atomic E-state index is 12.6. The predicted octanol–water partition coefficient (Wildman–Crippen LogP) is 7.56. The fourth-order valence-corrected chi connectivity index (χ4v) is 5.37. The zero-order chi connectivity index (χ0) is 28.4. The number of pyridine rings is 1. The summed E-state index contributed by atoms with van der Waals surface area (Å²) in [5.41, 5.74) is 4.11. The second kappa shape index (κ2) is 11.2. The van der Waals surface area contributed by atoms with Crippen molar-refractivity contribution >= 4 is 43.8 Å². The number of aromatic nitrogens is 3. The van der Waals surface area contributed by atoms with Crippen LogP contribution in [0.1, 0.15) is 29.6 Å². The number of carbonyl (C=O) groups is 1. The number of imidazole rings is 1. The van der Waals surface area contributed by atoms with Gasteiger partial charge >= 0.3 is 5.97 Å². The SMILES string of the molecule is CC(Cc1nc2cc(OCc3ccc4ccccc4n3)ccc2n1Cc1ccc(Br)cc1)(C(=O)O)c1ccccc1. The highest BCUT2D eigenvalue weighted by Gasteiger charge is 2.37. The maximum Gasteiger partial charge on any atom is 0.314 e. The molecule has 1 N–H and O–H groups in total. The molecule has 41 heavy (non-hydrogen) atoms. The van der Waals surface area contributed by atoms with Gasteiger partial charge in [-0.2, -0.15) is 0 Å². The molecule has 1 unspecified atom stereocenters. The smallest absolute Gasteiger partial charge is 0.314 e. The van der Waals surface area contributed by atoms with Crippen molar-refractivity contribution in [2.45, 2.75) is 31.9 Å². The molecule has 204 valence electrons. The molecular weight excluding hydrogens is 578 g/mol. The Balaban J connectivity index is 1.35. The van der Waals surface area contributed by atoms with Crippen LogP contribution in [0.4, 0.5) is 0 Å². The topological polar surface area (TPSA) is 77.2 Å². The van der Waals surface area contributed by atoms with Crippen molar-refractivity contribution < 1.29 is 14.6 Å². The van der Waals surface area contributed by atoms with Gasteiger partial charge in [-0.25, -0.2) is 9.97 Å². The predicted molar refractivity (Wildman–Crippen MR) is 164 cm³/mol. The first-order valence-corrected chi connectivity index (χ1v) is 14.2. The molecule has 0 aliphatic carbocycles. The van der Waals surface area contributed by atoms with Crippen molar-refractivity contribution in [3.8, 4) is 5.75 Å². The molecule has 2 aromatic heterocycles. The number of rotatable bonds is 9. The van der Waals surface area contributed by atoms with Gasteiger partial charge < -0.3 is 14.4 Å². The van der Waals surface area contributed by atoms with E-state index in [0.717, 1.165) is 43.2 Å². The number of carboxylic acid groups (broad SMARTS) is 1. The van der Waals surface area contributed by atoms with Gasteiger partial charge in [-0.3, -0.25) is 4.79 Å². The van der Waals surface area contributed by atoms with E-state index in [1.54, 1.807) is 6.92 Å². The Hall–Kier alpha value is -4.49. The molecule has 0 spiro atoms. The Morgan fingerprint density at radius 3 is 2.41 bits per heavy atom. The number of fused-ring (bicyclic) bond motifs is 2. The lowest BCUT2D eigenvalue weighted by atomic mass is 9.79. The minimum atomic E-state index is -1.15. The van der Waals surface area contributed by atoms with Crippen LogP contribution in [0.3, 0.4) is 0 Å². The number of carboxylic acids is 1. The number of benzene rings is 4. The minimum Gasteiger partial charge on any atom is -0.487 e. The van der Waals surface area contributed by atoms with E-state index in [1.165, 1.54) is 0 Å². The van der Waals surface area contributed by atoms with Crippen molar-refractivity contribution in [1.82, 2.24) is 14.5 Å². The average molecular weight is 607 g/mol. The van der Waals surface area contributed by atoms with E-state index in [-0.39, 0.29) is 6.42 Å². The van der Waals surface area contributed by atoms with Gasteiger partial charge in [0, 0.05) is 28.9 Å². The van der Waals surface area contributed by atoms with Gasteiger partial charge in [0.15, 0.2) is 0 Å². The molecule has 6 rings (SSSR count). The van der Waals surface area contributed by atoms with Gasteiger partial charge in [0.1, 0.15) is 18.2 Å². The molecule has 6 nitrogen and oxygen atoms in total. The Morgan fingerprint density at radius 2 is 1.63 bits per heavy atom. The van der Waals surface area contributed by atoms with Crippen LogP contribution in [0.5, 0.6) is 5.75 Å².